The van der Waals surface area contributed by atoms with Crippen molar-refractivity contribution < 1.29 is 28.2 Å². The summed E-state index contributed by atoms with van der Waals surface area (Å²) < 4.78 is 34.4. The average molecular weight is 443 g/mol. The molecule has 2 aromatic rings. The number of halogens is 2. The van der Waals surface area contributed by atoms with Crippen LogP contribution in [-0.2, 0) is 17.8 Å². The number of aromatic nitrogens is 1. The van der Waals surface area contributed by atoms with Crippen molar-refractivity contribution in [1.29, 1.82) is 0 Å². The third-order valence-corrected chi connectivity index (χ3v) is 7.08. The normalized spacial score (nSPS) is 29.2. The highest BCUT2D eigenvalue weighted by atomic mass is 19.1. The maximum absolute atomic E-state index is 13.8. The average Bonchev–Trinajstić information content (AvgIpc) is 3.50. The second-order valence-corrected chi connectivity index (χ2v) is 8.85. The molecule has 0 spiro atoms. The summed E-state index contributed by atoms with van der Waals surface area (Å²) in [5.41, 5.74) is -1.47. The number of nitrogens with one attached hydrogen (secondary N) is 1. The predicted molar refractivity (Wildman–Crippen MR) is 105 cm³/mol. The molecule has 0 radical (unpaired) electrons. The summed E-state index contributed by atoms with van der Waals surface area (Å²) in [6.45, 7) is -0.0916. The van der Waals surface area contributed by atoms with Gasteiger partial charge >= 0.3 is 0 Å². The monoisotopic (exact) mass is 443 g/mol. The van der Waals surface area contributed by atoms with Gasteiger partial charge in [-0.2, -0.15) is 0 Å². The first-order chi connectivity index (χ1) is 15.3. The molecule has 2 aliphatic heterocycles. The Morgan fingerprint density at radius 1 is 1.22 bits per heavy atom. The predicted octanol–water partition coefficient (Wildman–Crippen LogP) is 1.35. The summed E-state index contributed by atoms with van der Waals surface area (Å²) in [5.74, 6) is -2.82. The van der Waals surface area contributed by atoms with Gasteiger partial charge in [-0.05, 0) is 30.7 Å². The molecule has 1 unspecified atom stereocenters. The Labute approximate surface area is 180 Å². The Morgan fingerprint density at radius 2 is 2.03 bits per heavy atom. The van der Waals surface area contributed by atoms with E-state index >= 15 is 0 Å². The number of carbonyl (C=O) groups excluding carboxylic acids is 2. The molecule has 2 bridgehead atoms. The van der Waals surface area contributed by atoms with E-state index in [2.05, 4.69) is 5.32 Å². The van der Waals surface area contributed by atoms with Gasteiger partial charge in [-0.1, -0.05) is 6.07 Å². The minimum atomic E-state index is -0.980. The molecule has 1 aromatic carbocycles. The minimum absolute atomic E-state index is 0.0394. The third kappa shape index (κ3) is 2.72. The first-order valence-electron chi connectivity index (χ1n) is 10.5. The van der Waals surface area contributed by atoms with Crippen LogP contribution in [0.25, 0.3) is 0 Å². The minimum Gasteiger partial charge on any atom is -0.503 e. The van der Waals surface area contributed by atoms with Gasteiger partial charge in [0.25, 0.3) is 11.8 Å². The number of nitrogens with zero attached hydrogens (tertiary/aromatic N) is 2. The van der Waals surface area contributed by atoms with Gasteiger partial charge in [-0.15, -0.1) is 0 Å². The Balaban J connectivity index is 1.29. The van der Waals surface area contributed by atoms with Crippen LogP contribution >= 0.6 is 0 Å². The van der Waals surface area contributed by atoms with Crippen LogP contribution in [0.3, 0.4) is 0 Å². The summed E-state index contributed by atoms with van der Waals surface area (Å²) in [7, 11) is 0. The van der Waals surface area contributed by atoms with Gasteiger partial charge in [0.05, 0.1) is 12.6 Å². The molecule has 5 atom stereocenters. The zero-order valence-electron chi connectivity index (χ0n) is 16.8. The first-order valence-corrected chi connectivity index (χ1v) is 10.5. The molecule has 2 saturated carbocycles. The molecule has 2 amide bonds. The molecule has 6 rings (SSSR count). The van der Waals surface area contributed by atoms with E-state index in [0.717, 1.165) is 18.9 Å². The number of hydrogen-bond donors (Lipinski definition) is 2. The molecule has 1 aromatic heterocycles. The van der Waals surface area contributed by atoms with E-state index in [1.54, 1.807) is 4.90 Å². The van der Waals surface area contributed by atoms with Crippen LogP contribution in [-0.4, -0.2) is 44.8 Å². The largest absolute Gasteiger partial charge is 0.503 e. The van der Waals surface area contributed by atoms with Crippen LogP contribution in [0.15, 0.2) is 29.2 Å². The topological polar surface area (TPSA) is 101 Å². The molecule has 166 valence electrons. The lowest BCUT2D eigenvalue weighted by Crippen LogP contribution is -2.58. The summed E-state index contributed by atoms with van der Waals surface area (Å²) in [6, 6.07) is 2.99. The van der Waals surface area contributed by atoms with Crippen molar-refractivity contribution in [3.63, 3.8) is 0 Å². The number of rotatable bonds is 3. The highest BCUT2D eigenvalue weighted by molar-refractivity contribution is 5.99. The van der Waals surface area contributed by atoms with E-state index in [4.69, 9.17) is 4.74 Å². The van der Waals surface area contributed by atoms with Gasteiger partial charge in [0.1, 0.15) is 17.2 Å². The number of fused-ring (bicyclic) bond motifs is 8. The van der Waals surface area contributed by atoms with E-state index in [1.165, 1.54) is 16.8 Å². The van der Waals surface area contributed by atoms with E-state index in [0.29, 0.717) is 17.9 Å². The van der Waals surface area contributed by atoms with Crippen molar-refractivity contribution in [1.82, 2.24) is 14.8 Å². The summed E-state index contributed by atoms with van der Waals surface area (Å²) in [6.07, 6.45) is 2.62. The van der Waals surface area contributed by atoms with Crippen molar-refractivity contribution in [2.24, 2.45) is 11.8 Å². The SMILES string of the molecule is O=C(NCc1ccc(F)cc1F)c1cn2c(c(O)c1=O)C(=O)N1C3C[C@@H](O[C@H]1C2)[C@@H]1C[C@H]31. The van der Waals surface area contributed by atoms with Crippen molar-refractivity contribution in [2.75, 3.05) is 0 Å². The zero-order valence-corrected chi connectivity index (χ0v) is 16.8. The second kappa shape index (κ2) is 6.61. The smallest absolute Gasteiger partial charge is 0.276 e. The van der Waals surface area contributed by atoms with Gasteiger partial charge in [0.2, 0.25) is 5.43 Å². The van der Waals surface area contributed by atoms with Crippen LogP contribution in [0, 0.1) is 23.5 Å². The van der Waals surface area contributed by atoms with Crippen LogP contribution < -0.4 is 10.7 Å². The molecule has 3 heterocycles. The van der Waals surface area contributed by atoms with E-state index in [1.807, 2.05) is 0 Å². The maximum atomic E-state index is 13.8. The van der Waals surface area contributed by atoms with Crippen molar-refractivity contribution in [3.05, 3.63) is 63.1 Å². The number of benzene rings is 1. The molecule has 3 fully saturated rings. The highest BCUT2D eigenvalue weighted by Crippen LogP contribution is 2.58. The molecule has 8 nitrogen and oxygen atoms in total. The molecule has 2 N–H and O–H groups in total. The molecule has 2 aliphatic carbocycles. The number of pyridine rings is 1. The maximum Gasteiger partial charge on any atom is 0.276 e. The Kier molecular flexibility index (Phi) is 4.01. The Morgan fingerprint density at radius 3 is 2.81 bits per heavy atom. The number of ether oxygens (including phenoxy) is 1. The first kappa shape index (κ1) is 19.4. The fourth-order valence-electron chi connectivity index (χ4n) is 5.47. The standard InChI is InChI=1S/C22H19F2N3O5/c23-10-2-1-9(14(24)3-10)6-25-21(30)13-7-26-8-17-27(22(31)18(26)20(29)19(13)28)15-5-16(32-17)12-4-11(12)15/h1-3,7,11-12,15-17,29H,4-6,8H2,(H,25,30)/t11-,12+,15?,16+,17-/m0/s1. The second-order valence-electron chi connectivity index (χ2n) is 8.85. The van der Waals surface area contributed by atoms with Crippen molar-refractivity contribution in [3.8, 4) is 5.75 Å². The molecular weight excluding hydrogens is 424 g/mol. The molecular formula is C22H19F2N3O5. The van der Waals surface area contributed by atoms with Gasteiger partial charge in [-0.25, -0.2) is 8.78 Å². The van der Waals surface area contributed by atoms with E-state index in [9.17, 15) is 28.3 Å². The summed E-state index contributed by atoms with van der Waals surface area (Å²) in [4.78, 5) is 40.1. The van der Waals surface area contributed by atoms with Crippen molar-refractivity contribution in [2.45, 2.75) is 44.3 Å². The molecule has 10 heteroatoms. The van der Waals surface area contributed by atoms with Crippen LogP contribution in [0.2, 0.25) is 0 Å². The molecule has 4 aliphatic rings. The van der Waals surface area contributed by atoms with Crippen molar-refractivity contribution >= 4 is 11.8 Å². The Bertz CT molecular complexity index is 1240. The van der Waals surface area contributed by atoms with Crippen LogP contribution in [0.4, 0.5) is 8.78 Å². The lowest BCUT2D eigenvalue weighted by Gasteiger charge is -2.45. The number of hydrogen-bond acceptors (Lipinski definition) is 5. The Hall–Kier alpha value is -3.27. The number of aromatic hydroxyl groups is 1. The number of amides is 2. The van der Waals surface area contributed by atoms with Gasteiger partial charge in [-0.3, -0.25) is 14.4 Å². The molecule has 32 heavy (non-hydrogen) atoms. The van der Waals surface area contributed by atoms with Crippen LogP contribution in [0.1, 0.15) is 39.3 Å². The third-order valence-electron chi connectivity index (χ3n) is 7.08. The number of carbonyl (C=O) groups is 2. The molecule has 1 saturated heterocycles. The fourth-order valence-corrected chi connectivity index (χ4v) is 5.47. The van der Waals surface area contributed by atoms with E-state index < -0.39 is 40.9 Å². The summed E-state index contributed by atoms with van der Waals surface area (Å²) >= 11 is 0. The van der Waals surface area contributed by atoms with E-state index in [-0.39, 0.29) is 42.1 Å². The van der Waals surface area contributed by atoms with Gasteiger partial charge in [0.15, 0.2) is 17.7 Å². The van der Waals surface area contributed by atoms with Gasteiger partial charge < -0.3 is 24.6 Å². The van der Waals surface area contributed by atoms with Gasteiger partial charge in [0, 0.05) is 30.4 Å². The lowest BCUT2D eigenvalue weighted by atomic mass is 10.0. The van der Waals surface area contributed by atoms with Crippen LogP contribution in [0.5, 0.6) is 5.75 Å². The summed E-state index contributed by atoms with van der Waals surface area (Å²) in [5, 5.41) is 12.9. The lowest BCUT2D eigenvalue weighted by molar-refractivity contribution is -0.144. The quantitative estimate of drug-likeness (QED) is 0.746. The zero-order chi connectivity index (χ0) is 22.3. The fraction of sp³-hybridized carbons (Fsp3) is 0.409. The highest BCUT2D eigenvalue weighted by Gasteiger charge is 2.63.